The number of hydrogen-bond donors (Lipinski definition) is 1. The van der Waals surface area contributed by atoms with Gasteiger partial charge in [0.1, 0.15) is 0 Å². The van der Waals surface area contributed by atoms with Crippen molar-refractivity contribution in [2.45, 2.75) is 38.1 Å². The topological polar surface area (TPSA) is 59.1 Å². The van der Waals surface area contributed by atoms with Crippen molar-refractivity contribution < 1.29 is 8.42 Å². The van der Waals surface area contributed by atoms with Crippen LogP contribution in [0.5, 0.6) is 0 Å². The van der Waals surface area contributed by atoms with Gasteiger partial charge in [-0.25, -0.2) is 13.1 Å². The van der Waals surface area contributed by atoms with Crippen molar-refractivity contribution in [3.05, 3.63) is 66.0 Å². The minimum absolute atomic E-state index is 0.211. The van der Waals surface area contributed by atoms with Crippen LogP contribution >= 0.6 is 0 Å². The third-order valence-corrected chi connectivity index (χ3v) is 6.10. The minimum atomic E-state index is -3.37. The molecule has 2 aromatic rings. The highest BCUT2D eigenvalue weighted by Crippen LogP contribution is 2.26. The van der Waals surface area contributed by atoms with Gasteiger partial charge in [-0.2, -0.15) is 0 Å². The van der Waals surface area contributed by atoms with Crippen LogP contribution in [0.25, 0.3) is 0 Å². The maximum Gasteiger partial charge on any atom is 0.212 e. The normalized spacial score (nSPS) is 17.5. The highest BCUT2D eigenvalue weighted by Gasteiger charge is 2.26. The molecular weight excluding hydrogens is 320 g/mol. The maximum atomic E-state index is 12.7. The second kappa shape index (κ2) is 7.90. The van der Waals surface area contributed by atoms with Gasteiger partial charge in [-0.05, 0) is 36.5 Å². The molecule has 0 radical (unpaired) electrons. The van der Waals surface area contributed by atoms with Gasteiger partial charge in [-0.3, -0.25) is 4.98 Å². The fourth-order valence-electron chi connectivity index (χ4n) is 3.38. The number of benzene rings is 1. The highest BCUT2D eigenvalue weighted by molar-refractivity contribution is 7.89. The molecule has 1 heterocycles. The van der Waals surface area contributed by atoms with Crippen molar-refractivity contribution in [2.75, 3.05) is 5.75 Å². The van der Waals surface area contributed by atoms with Crippen LogP contribution in [0, 0.1) is 5.92 Å². The van der Waals surface area contributed by atoms with Crippen molar-refractivity contribution in [3.63, 3.8) is 0 Å². The van der Waals surface area contributed by atoms with Crippen molar-refractivity contribution in [1.82, 2.24) is 9.71 Å². The first-order valence-corrected chi connectivity index (χ1v) is 10.3. The number of nitrogens with zero attached hydrogens (tertiary/aromatic N) is 1. The van der Waals surface area contributed by atoms with E-state index in [1.54, 1.807) is 6.20 Å². The molecule has 1 aliphatic rings. The lowest BCUT2D eigenvalue weighted by Gasteiger charge is -2.24. The standard InChI is InChI=1S/C19H24N2O2S/c22-24(23,15-16-9-3-1-4-10-16)21-19(17-11-5-2-6-12-17)18-13-7-8-14-20-18/h2,5-8,11-14,16,19,21H,1,3-4,9-10,15H2/t19-/m0/s1. The van der Waals surface area contributed by atoms with E-state index in [2.05, 4.69) is 9.71 Å². The molecule has 1 aliphatic carbocycles. The van der Waals surface area contributed by atoms with Gasteiger partial charge < -0.3 is 0 Å². The Labute approximate surface area is 144 Å². The third kappa shape index (κ3) is 4.65. The maximum absolute atomic E-state index is 12.7. The van der Waals surface area contributed by atoms with Crippen molar-refractivity contribution in [1.29, 1.82) is 0 Å². The summed E-state index contributed by atoms with van der Waals surface area (Å²) in [6, 6.07) is 14.8. The molecule has 0 bridgehead atoms. The first kappa shape index (κ1) is 17.1. The lowest BCUT2D eigenvalue weighted by atomic mass is 9.91. The van der Waals surface area contributed by atoms with Gasteiger partial charge in [0.05, 0.1) is 17.5 Å². The summed E-state index contributed by atoms with van der Waals surface area (Å²) in [5, 5.41) is 0. The van der Waals surface area contributed by atoms with Gasteiger partial charge in [0.2, 0.25) is 10.0 Å². The van der Waals surface area contributed by atoms with Gasteiger partial charge >= 0.3 is 0 Å². The van der Waals surface area contributed by atoms with Crippen molar-refractivity contribution in [2.24, 2.45) is 5.92 Å². The Bertz CT molecular complexity index is 687. The van der Waals surface area contributed by atoms with E-state index in [1.165, 1.54) is 6.42 Å². The lowest BCUT2D eigenvalue weighted by Crippen LogP contribution is -2.34. The fraction of sp³-hybridized carbons (Fsp3) is 0.421. The summed E-state index contributed by atoms with van der Waals surface area (Å²) < 4.78 is 28.3. The summed E-state index contributed by atoms with van der Waals surface area (Å²) in [6.45, 7) is 0. The van der Waals surface area contributed by atoms with E-state index in [1.807, 2.05) is 48.5 Å². The van der Waals surface area contributed by atoms with Crippen molar-refractivity contribution >= 4 is 10.0 Å². The molecule has 0 aliphatic heterocycles. The SMILES string of the molecule is O=S(=O)(CC1CCCCC1)N[C@@H](c1ccccc1)c1ccccn1. The van der Waals surface area contributed by atoms with E-state index in [0.717, 1.165) is 36.9 Å². The molecule has 4 nitrogen and oxygen atoms in total. The zero-order chi connectivity index (χ0) is 16.8. The fourth-order valence-corrected chi connectivity index (χ4v) is 5.05. The number of rotatable bonds is 6. The van der Waals surface area contributed by atoms with Crippen LogP contribution in [0.15, 0.2) is 54.7 Å². The number of nitrogens with one attached hydrogen (secondary N) is 1. The van der Waals surface area contributed by atoms with Gasteiger partial charge in [-0.15, -0.1) is 0 Å². The van der Waals surface area contributed by atoms with Crippen LogP contribution in [-0.4, -0.2) is 19.2 Å². The van der Waals surface area contributed by atoms with Crippen molar-refractivity contribution in [3.8, 4) is 0 Å². The van der Waals surface area contributed by atoms with Crippen LogP contribution in [0.4, 0.5) is 0 Å². The lowest BCUT2D eigenvalue weighted by molar-refractivity contribution is 0.383. The first-order chi connectivity index (χ1) is 11.6. The van der Waals surface area contributed by atoms with E-state index in [-0.39, 0.29) is 11.7 Å². The van der Waals surface area contributed by atoms with E-state index < -0.39 is 16.1 Å². The molecule has 1 N–H and O–H groups in total. The summed E-state index contributed by atoms with van der Waals surface area (Å²) in [4.78, 5) is 4.36. The molecule has 0 unspecified atom stereocenters. The van der Waals surface area contributed by atoms with Crippen LogP contribution in [0.1, 0.15) is 49.4 Å². The van der Waals surface area contributed by atoms with E-state index in [9.17, 15) is 8.42 Å². The zero-order valence-electron chi connectivity index (χ0n) is 13.8. The van der Waals surface area contributed by atoms with Crippen LogP contribution in [0.3, 0.4) is 0 Å². The molecule has 1 aromatic carbocycles. The molecule has 128 valence electrons. The van der Waals surface area contributed by atoms with Crippen LogP contribution in [-0.2, 0) is 10.0 Å². The Kier molecular flexibility index (Phi) is 5.63. The molecule has 5 heteroatoms. The number of aromatic nitrogens is 1. The Morgan fingerprint density at radius 3 is 2.38 bits per heavy atom. The quantitative estimate of drug-likeness (QED) is 0.870. The predicted molar refractivity (Wildman–Crippen MR) is 96.0 cm³/mol. The molecular formula is C19H24N2O2S. The van der Waals surface area contributed by atoms with E-state index in [4.69, 9.17) is 0 Å². The molecule has 1 aromatic heterocycles. The van der Waals surface area contributed by atoms with Gasteiger partial charge in [0.15, 0.2) is 0 Å². The van der Waals surface area contributed by atoms with E-state index >= 15 is 0 Å². The van der Waals surface area contributed by atoms with Gasteiger partial charge in [0.25, 0.3) is 0 Å². The molecule has 1 atom stereocenters. The molecule has 3 rings (SSSR count). The summed E-state index contributed by atoms with van der Waals surface area (Å²) in [6.07, 6.45) is 7.23. The van der Waals surface area contributed by atoms with Crippen LogP contribution < -0.4 is 4.72 Å². The largest absolute Gasteiger partial charge is 0.259 e. The smallest absolute Gasteiger partial charge is 0.212 e. The Morgan fingerprint density at radius 1 is 1.00 bits per heavy atom. The average Bonchev–Trinajstić information content (AvgIpc) is 2.62. The number of sulfonamides is 1. The second-order valence-electron chi connectivity index (χ2n) is 6.50. The summed E-state index contributed by atoms with van der Waals surface area (Å²) in [5.41, 5.74) is 1.62. The van der Waals surface area contributed by atoms with Gasteiger partial charge in [0, 0.05) is 6.20 Å². The third-order valence-electron chi connectivity index (χ3n) is 4.59. The Morgan fingerprint density at radius 2 is 1.71 bits per heavy atom. The second-order valence-corrected chi connectivity index (χ2v) is 8.30. The summed E-state index contributed by atoms with van der Waals surface area (Å²) >= 11 is 0. The minimum Gasteiger partial charge on any atom is -0.259 e. The Hall–Kier alpha value is -1.72. The molecule has 0 amide bonds. The summed E-state index contributed by atoms with van der Waals surface area (Å²) in [5.74, 6) is 0.486. The predicted octanol–water partition coefficient (Wildman–Crippen LogP) is 3.67. The number of pyridine rings is 1. The number of hydrogen-bond acceptors (Lipinski definition) is 3. The summed E-state index contributed by atoms with van der Waals surface area (Å²) in [7, 11) is -3.37. The molecule has 1 fully saturated rings. The monoisotopic (exact) mass is 344 g/mol. The zero-order valence-corrected chi connectivity index (χ0v) is 14.6. The average molecular weight is 344 g/mol. The van der Waals surface area contributed by atoms with Crippen LogP contribution in [0.2, 0.25) is 0 Å². The Balaban J connectivity index is 1.81. The molecule has 0 saturated heterocycles. The molecule has 1 saturated carbocycles. The first-order valence-electron chi connectivity index (χ1n) is 8.60. The molecule has 24 heavy (non-hydrogen) atoms. The highest BCUT2D eigenvalue weighted by atomic mass is 32.2. The van der Waals surface area contributed by atoms with E-state index in [0.29, 0.717) is 0 Å². The molecule has 0 spiro atoms. The van der Waals surface area contributed by atoms with Gasteiger partial charge in [-0.1, -0.05) is 55.7 Å².